The third-order valence-electron chi connectivity index (χ3n) is 4.16. The van der Waals surface area contributed by atoms with Crippen LogP contribution in [0.4, 0.5) is 15.1 Å². The number of fused-ring (bicyclic) bond motifs is 1. The third kappa shape index (κ3) is 4.43. The fourth-order valence-electron chi connectivity index (χ4n) is 2.95. The lowest BCUT2D eigenvalue weighted by Gasteiger charge is -2.07. The first-order valence-electron chi connectivity index (χ1n) is 9.75. The average Bonchev–Trinajstić information content (AvgIpc) is 3.18. The van der Waals surface area contributed by atoms with Crippen molar-refractivity contribution in [3.05, 3.63) is 60.8 Å². The Hall–Kier alpha value is -3.81. The summed E-state index contributed by atoms with van der Waals surface area (Å²) in [7, 11) is 0. The second-order valence-electron chi connectivity index (χ2n) is 6.07. The summed E-state index contributed by atoms with van der Waals surface area (Å²) < 4.78 is 14.5. The van der Waals surface area contributed by atoms with Gasteiger partial charge in [0, 0.05) is 36.3 Å². The van der Waals surface area contributed by atoms with Crippen molar-refractivity contribution in [1.82, 2.24) is 25.3 Å². The van der Waals surface area contributed by atoms with E-state index in [1.807, 2.05) is 45.0 Å². The van der Waals surface area contributed by atoms with Crippen molar-refractivity contribution < 1.29 is 9.18 Å². The zero-order valence-corrected chi connectivity index (χ0v) is 17.0. The van der Waals surface area contributed by atoms with Crippen LogP contribution in [0.3, 0.4) is 0 Å². The SMILES string of the molecule is CC.CCNC(=O)Nc1nc2c(-c3ncccc3F)cc(-c3cccnc3)cc2[nH]1. The zero-order valence-electron chi connectivity index (χ0n) is 17.0. The molecule has 8 heteroatoms. The van der Waals surface area contributed by atoms with Crippen molar-refractivity contribution in [2.24, 2.45) is 0 Å². The standard InChI is InChI=1S/C20H17FN6O.C2H6/c1-2-23-20(28)27-19-25-16-10-13(12-5-3-7-22-11-12)9-14(18(16)26-19)17-15(21)6-4-8-24-17;1-2/h3-11H,2H2,1H3,(H3,23,25,26,27,28);1-2H3. The normalized spacial score (nSPS) is 10.3. The van der Waals surface area contributed by atoms with Gasteiger partial charge in [-0.3, -0.25) is 15.3 Å². The maximum absolute atomic E-state index is 14.5. The number of H-pyrrole nitrogens is 1. The van der Waals surface area contributed by atoms with Crippen LogP contribution in [0.15, 0.2) is 55.0 Å². The molecule has 30 heavy (non-hydrogen) atoms. The zero-order chi connectivity index (χ0) is 21.5. The van der Waals surface area contributed by atoms with Crippen LogP contribution in [0.2, 0.25) is 0 Å². The van der Waals surface area contributed by atoms with Crippen LogP contribution in [0.5, 0.6) is 0 Å². The van der Waals surface area contributed by atoms with E-state index in [2.05, 4.69) is 30.6 Å². The highest BCUT2D eigenvalue weighted by atomic mass is 19.1. The molecule has 0 unspecified atom stereocenters. The highest BCUT2D eigenvalue weighted by molar-refractivity contribution is 5.98. The van der Waals surface area contributed by atoms with E-state index in [1.54, 1.807) is 12.4 Å². The fourth-order valence-corrected chi connectivity index (χ4v) is 2.95. The van der Waals surface area contributed by atoms with Crippen molar-refractivity contribution in [3.8, 4) is 22.4 Å². The molecule has 0 spiro atoms. The molecule has 0 aliphatic carbocycles. The van der Waals surface area contributed by atoms with Gasteiger partial charge in [-0.2, -0.15) is 0 Å². The fraction of sp³-hybridized carbons (Fsp3) is 0.182. The summed E-state index contributed by atoms with van der Waals surface area (Å²) >= 11 is 0. The van der Waals surface area contributed by atoms with E-state index in [0.29, 0.717) is 23.1 Å². The highest BCUT2D eigenvalue weighted by Gasteiger charge is 2.17. The number of rotatable bonds is 4. The van der Waals surface area contributed by atoms with Crippen molar-refractivity contribution >= 4 is 23.0 Å². The highest BCUT2D eigenvalue weighted by Crippen LogP contribution is 2.33. The Labute approximate surface area is 173 Å². The molecule has 0 aliphatic heterocycles. The second kappa shape index (κ2) is 9.60. The molecule has 7 nitrogen and oxygen atoms in total. The third-order valence-corrected chi connectivity index (χ3v) is 4.16. The summed E-state index contributed by atoms with van der Waals surface area (Å²) in [6, 6.07) is 9.96. The van der Waals surface area contributed by atoms with E-state index < -0.39 is 5.82 Å². The molecule has 4 aromatic rings. The Kier molecular flexibility index (Phi) is 6.69. The lowest BCUT2D eigenvalue weighted by molar-refractivity contribution is 0.252. The number of pyridine rings is 2. The van der Waals surface area contributed by atoms with Gasteiger partial charge in [0.05, 0.1) is 5.52 Å². The maximum atomic E-state index is 14.5. The number of imidazole rings is 1. The van der Waals surface area contributed by atoms with Crippen LogP contribution in [0, 0.1) is 5.82 Å². The monoisotopic (exact) mass is 406 g/mol. The molecular weight excluding hydrogens is 383 g/mol. The summed E-state index contributed by atoms with van der Waals surface area (Å²) in [6.07, 6.45) is 4.94. The molecule has 3 N–H and O–H groups in total. The van der Waals surface area contributed by atoms with Gasteiger partial charge in [-0.05, 0) is 42.8 Å². The van der Waals surface area contributed by atoms with Gasteiger partial charge in [0.2, 0.25) is 5.95 Å². The van der Waals surface area contributed by atoms with E-state index in [0.717, 1.165) is 11.1 Å². The number of aromatic amines is 1. The predicted molar refractivity (Wildman–Crippen MR) is 117 cm³/mol. The van der Waals surface area contributed by atoms with Crippen LogP contribution in [-0.2, 0) is 0 Å². The Morgan fingerprint density at radius 1 is 1.13 bits per heavy atom. The molecule has 0 saturated heterocycles. The van der Waals surface area contributed by atoms with Crippen LogP contribution < -0.4 is 10.6 Å². The number of hydrogen-bond donors (Lipinski definition) is 3. The maximum Gasteiger partial charge on any atom is 0.321 e. The number of carbonyl (C=O) groups excluding carboxylic acids is 1. The molecule has 154 valence electrons. The number of urea groups is 1. The number of benzene rings is 1. The van der Waals surface area contributed by atoms with Crippen LogP contribution >= 0.6 is 0 Å². The Morgan fingerprint density at radius 3 is 2.63 bits per heavy atom. The van der Waals surface area contributed by atoms with Gasteiger partial charge >= 0.3 is 6.03 Å². The van der Waals surface area contributed by atoms with Gasteiger partial charge in [-0.25, -0.2) is 14.2 Å². The number of nitrogens with one attached hydrogen (secondary N) is 3. The number of hydrogen-bond acceptors (Lipinski definition) is 4. The molecule has 0 radical (unpaired) electrons. The van der Waals surface area contributed by atoms with E-state index in [9.17, 15) is 9.18 Å². The first-order valence-corrected chi connectivity index (χ1v) is 9.75. The summed E-state index contributed by atoms with van der Waals surface area (Å²) in [6.45, 7) is 6.31. The van der Waals surface area contributed by atoms with E-state index in [1.165, 1.54) is 18.3 Å². The Bertz CT molecular complexity index is 1140. The number of aromatic nitrogens is 4. The first-order chi connectivity index (χ1) is 14.7. The van der Waals surface area contributed by atoms with E-state index in [4.69, 9.17) is 0 Å². The molecule has 0 atom stereocenters. The van der Waals surface area contributed by atoms with Gasteiger partial charge in [0.15, 0.2) is 0 Å². The van der Waals surface area contributed by atoms with Gasteiger partial charge in [0.25, 0.3) is 0 Å². The molecule has 4 rings (SSSR count). The van der Waals surface area contributed by atoms with Crippen molar-refractivity contribution in [1.29, 1.82) is 0 Å². The lowest BCUT2D eigenvalue weighted by Crippen LogP contribution is -2.28. The number of carbonyl (C=O) groups is 1. The summed E-state index contributed by atoms with van der Waals surface area (Å²) in [5.41, 5.74) is 3.57. The van der Waals surface area contributed by atoms with Gasteiger partial charge in [-0.1, -0.05) is 19.9 Å². The molecule has 1 aromatic carbocycles. The van der Waals surface area contributed by atoms with Crippen LogP contribution in [0.1, 0.15) is 20.8 Å². The summed E-state index contributed by atoms with van der Waals surface area (Å²) in [4.78, 5) is 27.7. The minimum Gasteiger partial charge on any atom is -0.338 e. The summed E-state index contributed by atoms with van der Waals surface area (Å²) in [5.74, 6) is -0.185. The summed E-state index contributed by atoms with van der Waals surface area (Å²) in [5, 5.41) is 5.28. The van der Waals surface area contributed by atoms with Crippen molar-refractivity contribution in [2.75, 3.05) is 11.9 Å². The molecule has 3 heterocycles. The number of anilines is 1. The molecule has 0 saturated carbocycles. The lowest BCUT2D eigenvalue weighted by atomic mass is 10.0. The molecule has 0 aliphatic rings. The van der Waals surface area contributed by atoms with Gasteiger partial charge in [-0.15, -0.1) is 0 Å². The number of halogens is 1. The molecule has 0 fully saturated rings. The van der Waals surface area contributed by atoms with Crippen molar-refractivity contribution in [3.63, 3.8) is 0 Å². The van der Waals surface area contributed by atoms with E-state index in [-0.39, 0.29) is 17.7 Å². The quantitative estimate of drug-likeness (QED) is 0.445. The van der Waals surface area contributed by atoms with Crippen LogP contribution in [-0.4, -0.2) is 32.5 Å². The Morgan fingerprint density at radius 2 is 1.93 bits per heavy atom. The van der Waals surface area contributed by atoms with E-state index >= 15 is 0 Å². The molecule has 2 amide bonds. The molecule has 3 aromatic heterocycles. The number of amides is 2. The second-order valence-corrected chi connectivity index (χ2v) is 6.07. The minimum atomic E-state index is -0.451. The predicted octanol–water partition coefficient (Wildman–Crippen LogP) is 4.99. The first kappa shape index (κ1) is 20.9. The van der Waals surface area contributed by atoms with Gasteiger partial charge in [0.1, 0.15) is 17.0 Å². The van der Waals surface area contributed by atoms with Gasteiger partial charge < -0.3 is 10.3 Å². The van der Waals surface area contributed by atoms with Crippen molar-refractivity contribution in [2.45, 2.75) is 20.8 Å². The molecule has 0 bridgehead atoms. The largest absolute Gasteiger partial charge is 0.338 e. The average molecular weight is 406 g/mol. The minimum absolute atomic E-state index is 0.189. The topological polar surface area (TPSA) is 95.6 Å². The smallest absolute Gasteiger partial charge is 0.321 e. The molecular formula is C22H23FN6O. The number of nitrogens with zero attached hydrogens (tertiary/aromatic N) is 3. The Balaban J connectivity index is 0.00000124. The van der Waals surface area contributed by atoms with Crippen LogP contribution in [0.25, 0.3) is 33.4 Å².